The highest BCUT2D eigenvalue weighted by Gasteiger charge is 2.38. The van der Waals surface area contributed by atoms with E-state index >= 15 is 0 Å². The molecular formula is C22H23Cl2N3O3. The van der Waals surface area contributed by atoms with Crippen LogP contribution in [0.25, 0.3) is 0 Å². The molecule has 2 aromatic carbocycles. The molecule has 0 unspecified atom stereocenters. The second kappa shape index (κ2) is 9.49. The molecule has 30 heavy (non-hydrogen) atoms. The average molecular weight is 448 g/mol. The van der Waals surface area contributed by atoms with Crippen LogP contribution < -0.4 is 5.32 Å². The van der Waals surface area contributed by atoms with Crippen LogP contribution in [-0.4, -0.2) is 47.7 Å². The highest BCUT2D eigenvalue weighted by molar-refractivity contribution is 6.39. The first kappa shape index (κ1) is 22.1. The molecule has 1 saturated heterocycles. The molecule has 1 aliphatic heterocycles. The van der Waals surface area contributed by atoms with Crippen LogP contribution in [0, 0.1) is 5.92 Å². The molecule has 0 aromatic heterocycles. The third kappa shape index (κ3) is 4.94. The Labute approximate surface area is 185 Å². The van der Waals surface area contributed by atoms with Gasteiger partial charge in [0.25, 0.3) is 0 Å². The molecule has 1 fully saturated rings. The van der Waals surface area contributed by atoms with Crippen molar-refractivity contribution in [2.24, 2.45) is 5.92 Å². The van der Waals surface area contributed by atoms with Crippen molar-refractivity contribution in [3.05, 3.63) is 64.1 Å². The zero-order valence-corrected chi connectivity index (χ0v) is 18.3. The number of carbonyl (C=O) groups excluding carboxylic acids is 3. The van der Waals surface area contributed by atoms with Gasteiger partial charge in [-0.25, -0.2) is 0 Å². The Morgan fingerprint density at radius 3 is 2.40 bits per heavy atom. The highest BCUT2D eigenvalue weighted by atomic mass is 35.5. The molecule has 0 saturated carbocycles. The molecule has 0 spiro atoms. The first-order chi connectivity index (χ1) is 14.3. The molecule has 0 radical (unpaired) electrons. The van der Waals surface area contributed by atoms with Crippen LogP contribution in [0.2, 0.25) is 10.0 Å². The minimum Gasteiger partial charge on any atom is -0.336 e. The quantitative estimate of drug-likeness (QED) is 0.727. The highest BCUT2D eigenvalue weighted by Crippen LogP contribution is 2.31. The number of nitrogens with zero attached hydrogens (tertiary/aromatic N) is 2. The predicted molar refractivity (Wildman–Crippen MR) is 117 cm³/mol. The molecule has 2 atom stereocenters. The van der Waals surface area contributed by atoms with E-state index in [0.717, 1.165) is 5.56 Å². The lowest BCUT2D eigenvalue weighted by Gasteiger charge is -2.26. The van der Waals surface area contributed by atoms with Crippen LogP contribution >= 0.6 is 23.2 Å². The van der Waals surface area contributed by atoms with E-state index in [1.165, 1.54) is 4.90 Å². The molecule has 1 heterocycles. The fourth-order valence-corrected chi connectivity index (χ4v) is 4.08. The summed E-state index contributed by atoms with van der Waals surface area (Å²) in [4.78, 5) is 40.8. The Kier molecular flexibility index (Phi) is 7.00. The number of rotatable bonds is 6. The third-order valence-electron chi connectivity index (χ3n) is 5.24. The molecule has 158 valence electrons. The maximum atomic E-state index is 12.8. The summed E-state index contributed by atoms with van der Waals surface area (Å²) in [6.07, 6.45) is 0.137. The molecule has 3 amide bonds. The van der Waals surface area contributed by atoms with E-state index in [1.54, 1.807) is 30.1 Å². The number of carbonyl (C=O) groups is 3. The fraction of sp³-hybridized carbons (Fsp3) is 0.318. The number of anilines is 1. The summed E-state index contributed by atoms with van der Waals surface area (Å²) in [5.74, 6) is -1.21. The fourth-order valence-electron chi connectivity index (χ4n) is 3.58. The van der Waals surface area contributed by atoms with Crippen LogP contribution in [0.5, 0.6) is 0 Å². The Morgan fingerprint density at radius 1 is 1.13 bits per heavy atom. The Balaban J connectivity index is 1.59. The normalized spacial score (nSPS) is 17.0. The summed E-state index contributed by atoms with van der Waals surface area (Å²) >= 11 is 12.1. The van der Waals surface area contributed by atoms with Crippen molar-refractivity contribution in [3.8, 4) is 0 Å². The van der Waals surface area contributed by atoms with E-state index in [0.29, 0.717) is 22.3 Å². The summed E-state index contributed by atoms with van der Waals surface area (Å²) in [6.45, 7) is 2.11. The van der Waals surface area contributed by atoms with Gasteiger partial charge in [-0.05, 0) is 24.6 Å². The zero-order valence-electron chi connectivity index (χ0n) is 16.8. The second-order valence-corrected chi connectivity index (χ2v) is 8.19. The first-order valence-electron chi connectivity index (χ1n) is 9.61. The van der Waals surface area contributed by atoms with Gasteiger partial charge < -0.3 is 15.1 Å². The SMILES string of the molecule is C[C@@H](c1ccccc1)N1C[C@H](C(=O)N(C)CC(=O)Nc2c(Cl)cccc2Cl)CC1=O. The maximum absolute atomic E-state index is 12.8. The minimum atomic E-state index is -0.481. The minimum absolute atomic E-state index is 0.0644. The van der Waals surface area contributed by atoms with Gasteiger partial charge in [-0.2, -0.15) is 0 Å². The van der Waals surface area contributed by atoms with Gasteiger partial charge in [0.05, 0.1) is 34.2 Å². The van der Waals surface area contributed by atoms with E-state index in [1.807, 2.05) is 37.3 Å². The second-order valence-electron chi connectivity index (χ2n) is 7.37. The number of benzene rings is 2. The van der Waals surface area contributed by atoms with Crippen LogP contribution in [0.1, 0.15) is 24.9 Å². The van der Waals surface area contributed by atoms with Crippen molar-refractivity contribution in [2.45, 2.75) is 19.4 Å². The molecule has 1 N–H and O–H groups in total. The average Bonchev–Trinajstić information content (AvgIpc) is 3.11. The van der Waals surface area contributed by atoms with Gasteiger partial charge in [0, 0.05) is 20.0 Å². The van der Waals surface area contributed by atoms with Crippen molar-refractivity contribution < 1.29 is 14.4 Å². The standard InChI is InChI=1S/C22H23Cl2N3O3/c1-14(15-7-4-3-5-8-15)27-12-16(11-20(27)29)22(30)26(2)13-19(28)25-21-17(23)9-6-10-18(21)24/h3-10,14,16H,11-13H2,1-2H3,(H,25,28)/t14-,16+/m0/s1. The summed E-state index contributed by atoms with van der Waals surface area (Å²) in [5, 5.41) is 3.27. The van der Waals surface area contributed by atoms with Gasteiger partial charge in [0.2, 0.25) is 17.7 Å². The van der Waals surface area contributed by atoms with Crippen LogP contribution in [0.4, 0.5) is 5.69 Å². The van der Waals surface area contributed by atoms with Gasteiger partial charge >= 0.3 is 0 Å². The zero-order chi connectivity index (χ0) is 21.8. The number of likely N-dealkylation sites (tertiary alicyclic amines) is 1. The monoisotopic (exact) mass is 447 g/mol. The number of para-hydroxylation sites is 1. The lowest BCUT2D eigenvalue weighted by molar-refractivity contribution is -0.137. The van der Waals surface area contributed by atoms with Gasteiger partial charge in [0.15, 0.2) is 0 Å². The number of hydrogen-bond donors (Lipinski definition) is 1. The Morgan fingerprint density at radius 2 is 1.77 bits per heavy atom. The topological polar surface area (TPSA) is 69.7 Å². The van der Waals surface area contributed by atoms with Crippen molar-refractivity contribution >= 4 is 46.6 Å². The summed E-state index contributed by atoms with van der Waals surface area (Å²) in [6, 6.07) is 14.5. The summed E-state index contributed by atoms with van der Waals surface area (Å²) in [7, 11) is 1.55. The summed E-state index contributed by atoms with van der Waals surface area (Å²) in [5.41, 5.74) is 1.33. The lowest BCUT2D eigenvalue weighted by atomic mass is 10.1. The maximum Gasteiger partial charge on any atom is 0.244 e. The number of hydrogen-bond acceptors (Lipinski definition) is 3. The molecule has 1 aliphatic rings. The molecule has 8 heteroatoms. The van der Waals surface area contributed by atoms with Gasteiger partial charge in [-0.15, -0.1) is 0 Å². The molecule has 3 rings (SSSR count). The van der Waals surface area contributed by atoms with Crippen LogP contribution in [0.3, 0.4) is 0 Å². The predicted octanol–water partition coefficient (Wildman–Crippen LogP) is 4.00. The summed E-state index contributed by atoms with van der Waals surface area (Å²) < 4.78 is 0. The Bertz CT molecular complexity index is 932. The lowest BCUT2D eigenvalue weighted by Crippen LogP contribution is -2.39. The molecule has 6 nitrogen and oxygen atoms in total. The number of likely N-dealkylation sites (N-methyl/N-ethyl adjacent to an activating group) is 1. The van der Waals surface area contributed by atoms with Crippen molar-refractivity contribution in [3.63, 3.8) is 0 Å². The molecule has 0 bridgehead atoms. The number of halogens is 2. The van der Waals surface area contributed by atoms with Gasteiger partial charge in [-0.3, -0.25) is 14.4 Å². The van der Waals surface area contributed by atoms with Crippen molar-refractivity contribution in [1.29, 1.82) is 0 Å². The Hall–Kier alpha value is -2.57. The first-order valence-corrected chi connectivity index (χ1v) is 10.4. The molecule has 0 aliphatic carbocycles. The molecule has 2 aromatic rings. The van der Waals surface area contributed by atoms with Gasteiger partial charge in [-0.1, -0.05) is 59.6 Å². The van der Waals surface area contributed by atoms with Crippen LogP contribution in [0.15, 0.2) is 48.5 Å². The smallest absolute Gasteiger partial charge is 0.244 e. The molecular weight excluding hydrogens is 425 g/mol. The number of amides is 3. The van der Waals surface area contributed by atoms with E-state index < -0.39 is 11.8 Å². The number of nitrogens with one attached hydrogen (secondary N) is 1. The van der Waals surface area contributed by atoms with E-state index in [-0.39, 0.29) is 30.8 Å². The van der Waals surface area contributed by atoms with E-state index in [9.17, 15) is 14.4 Å². The van der Waals surface area contributed by atoms with Gasteiger partial charge in [0.1, 0.15) is 0 Å². The largest absolute Gasteiger partial charge is 0.336 e. The van der Waals surface area contributed by atoms with Crippen LogP contribution in [-0.2, 0) is 14.4 Å². The van der Waals surface area contributed by atoms with E-state index in [4.69, 9.17) is 23.2 Å². The van der Waals surface area contributed by atoms with Crippen molar-refractivity contribution in [2.75, 3.05) is 25.5 Å². The van der Waals surface area contributed by atoms with Crippen molar-refractivity contribution in [1.82, 2.24) is 9.80 Å². The van der Waals surface area contributed by atoms with E-state index in [2.05, 4.69) is 5.32 Å². The third-order valence-corrected chi connectivity index (χ3v) is 5.87.